The summed E-state index contributed by atoms with van der Waals surface area (Å²) in [5.74, 6) is -0.323. The van der Waals surface area contributed by atoms with Crippen molar-refractivity contribution in [2.45, 2.75) is 43.6 Å². The molecule has 0 saturated carbocycles. The Morgan fingerprint density at radius 3 is 2.20 bits per heavy atom. The summed E-state index contributed by atoms with van der Waals surface area (Å²) in [6.45, 7) is 4.63. The molecule has 1 fully saturated rings. The third-order valence-corrected chi connectivity index (χ3v) is 9.59. The number of urea groups is 1. The Labute approximate surface area is 286 Å². The number of primary amides is 1. The fourth-order valence-corrected chi connectivity index (χ4v) is 7.13. The van der Waals surface area contributed by atoms with Gasteiger partial charge in [-0.3, -0.25) is 9.59 Å². The molecule has 0 radical (unpaired) electrons. The molecule has 1 aromatic heterocycles. The van der Waals surface area contributed by atoms with Gasteiger partial charge < -0.3 is 41.8 Å². The molecule has 11 heteroatoms. The number of carbonyl (C=O) groups excluding carboxylic acids is 2. The van der Waals surface area contributed by atoms with E-state index in [1.165, 1.54) is 12.1 Å². The molecule has 49 heavy (non-hydrogen) atoms. The normalized spacial score (nSPS) is 15.7. The molecule has 0 bridgehead atoms. The van der Waals surface area contributed by atoms with Gasteiger partial charge >= 0.3 is 6.03 Å². The van der Waals surface area contributed by atoms with E-state index in [-0.39, 0.29) is 29.2 Å². The highest BCUT2D eigenvalue weighted by Gasteiger charge is 2.49. The van der Waals surface area contributed by atoms with Crippen molar-refractivity contribution in [3.8, 4) is 5.75 Å². The van der Waals surface area contributed by atoms with Gasteiger partial charge in [-0.2, -0.15) is 0 Å². The van der Waals surface area contributed by atoms with Gasteiger partial charge in [0.2, 0.25) is 11.5 Å². The number of aliphatic hydroxyl groups is 1. The Bertz CT molecular complexity index is 1690. The molecule has 1 aliphatic rings. The zero-order valence-corrected chi connectivity index (χ0v) is 27.9. The summed E-state index contributed by atoms with van der Waals surface area (Å²) in [5.41, 5.74) is 7.79. The van der Waals surface area contributed by atoms with Crippen LogP contribution in [0.1, 0.15) is 54.9 Å². The number of amides is 3. The van der Waals surface area contributed by atoms with E-state index in [2.05, 4.69) is 25.8 Å². The molecule has 260 valence electrons. The summed E-state index contributed by atoms with van der Waals surface area (Å²) in [7, 11) is 0. The number of fused-ring (bicyclic) bond motifs is 1. The molecule has 0 aliphatic carbocycles. The van der Waals surface area contributed by atoms with Crippen LogP contribution in [0.4, 0.5) is 4.79 Å². The number of phenolic OH excluding ortho intramolecular Hbond substituents is 1. The lowest BCUT2D eigenvalue weighted by molar-refractivity contribution is -0.123. The van der Waals surface area contributed by atoms with E-state index in [4.69, 9.17) is 5.73 Å². The van der Waals surface area contributed by atoms with Crippen molar-refractivity contribution in [3.63, 3.8) is 0 Å². The van der Waals surface area contributed by atoms with Crippen LogP contribution < -0.4 is 27.2 Å². The Kier molecular flexibility index (Phi) is 12.4. The molecular weight excluding hydrogens is 620 g/mol. The highest BCUT2D eigenvalue weighted by atomic mass is 16.3. The van der Waals surface area contributed by atoms with Gasteiger partial charge in [0.15, 0.2) is 0 Å². The Balaban J connectivity index is 0.959. The van der Waals surface area contributed by atoms with Crippen molar-refractivity contribution in [2.24, 2.45) is 11.7 Å². The van der Waals surface area contributed by atoms with E-state index in [0.717, 1.165) is 62.9 Å². The highest BCUT2D eigenvalue weighted by molar-refractivity contribution is 5.91. The van der Waals surface area contributed by atoms with Crippen LogP contribution in [-0.2, 0) is 10.2 Å². The van der Waals surface area contributed by atoms with E-state index in [1.54, 1.807) is 12.1 Å². The van der Waals surface area contributed by atoms with Gasteiger partial charge in [0, 0.05) is 37.6 Å². The van der Waals surface area contributed by atoms with Gasteiger partial charge in [-0.25, -0.2) is 4.79 Å². The van der Waals surface area contributed by atoms with Crippen LogP contribution in [0.15, 0.2) is 89.7 Å². The number of likely N-dealkylation sites (tertiary alicyclic amines) is 1. The highest BCUT2D eigenvalue weighted by Crippen LogP contribution is 2.43. The number of H-pyrrole nitrogens is 1. The number of nitrogens with one attached hydrogen (secondary N) is 4. The van der Waals surface area contributed by atoms with E-state index >= 15 is 0 Å². The van der Waals surface area contributed by atoms with Crippen molar-refractivity contribution in [3.05, 3.63) is 112 Å². The van der Waals surface area contributed by atoms with Gasteiger partial charge in [-0.05, 0) is 80.1 Å². The SMILES string of the molecule is NC(=O)C(c1ccccc1)(c1ccccc1)[C@@H]1CCN(CCCNC(=O)NCCCCCNC[C@H](O)c2ccc(O)c3[nH]c(=O)ccc23)C1. The third kappa shape index (κ3) is 8.66. The van der Waals surface area contributed by atoms with Crippen LogP contribution in [0.2, 0.25) is 0 Å². The quantitative estimate of drug-likeness (QED) is 0.0844. The molecule has 3 amide bonds. The summed E-state index contributed by atoms with van der Waals surface area (Å²) in [4.78, 5) is 42.2. The molecular formula is C38H48N6O5. The predicted molar refractivity (Wildman–Crippen MR) is 191 cm³/mol. The minimum Gasteiger partial charge on any atom is -0.506 e. The van der Waals surface area contributed by atoms with Crippen molar-refractivity contribution >= 4 is 22.8 Å². The van der Waals surface area contributed by atoms with Crippen molar-refractivity contribution in [1.82, 2.24) is 25.8 Å². The Morgan fingerprint density at radius 1 is 0.878 bits per heavy atom. The van der Waals surface area contributed by atoms with Crippen LogP contribution in [-0.4, -0.2) is 77.8 Å². The summed E-state index contributed by atoms with van der Waals surface area (Å²) >= 11 is 0. The van der Waals surface area contributed by atoms with Crippen molar-refractivity contribution in [1.29, 1.82) is 0 Å². The second-order valence-electron chi connectivity index (χ2n) is 12.8. The first-order valence-electron chi connectivity index (χ1n) is 17.2. The zero-order chi connectivity index (χ0) is 34.6. The molecule has 11 nitrogen and oxygen atoms in total. The number of aromatic hydroxyl groups is 1. The number of nitrogens with two attached hydrogens (primary N) is 1. The fourth-order valence-electron chi connectivity index (χ4n) is 7.13. The number of aromatic nitrogens is 1. The second-order valence-corrected chi connectivity index (χ2v) is 12.8. The first-order chi connectivity index (χ1) is 23.8. The molecule has 3 aromatic carbocycles. The number of rotatable bonds is 17. The van der Waals surface area contributed by atoms with Gasteiger partial charge in [0.1, 0.15) is 11.2 Å². The standard InChI is InChI=1S/C38H48N6O5/c39-36(48)38(27-11-4-1-5-12-27,28-13-6-2-7-14-28)29-19-24-44(26-29)23-10-22-42-37(49)41-21-9-3-8-20-40-25-33(46)30-15-17-32(45)35-31(30)16-18-34(47)43-35/h1-2,4-7,11-18,29,33,40,45-46H,3,8-10,19-26H2,(H2,39,48)(H,43,47)(H2,41,42,49)/t29-,33+/m1/s1. The fraction of sp³-hybridized carbons (Fsp3) is 0.395. The van der Waals surface area contributed by atoms with Crippen LogP contribution in [0.25, 0.3) is 10.9 Å². The first kappa shape index (κ1) is 35.6. The molecule has 1 aliphatic heterocycles. The predicted octanol–water partition coefficient (Wildman–Crippen LogP) is 3.51. The third-order valence-electron chi connectivity index (χ3n) is 9.59. The van der Waals surface area contributed by atoms with Gasteiger partial charge in [0.05, 0.1) is 11.6 Å². The monoisotopic (exact) mass is 668 g/mol. The summed E-state index contributed by atoms with van der Waals surface area (Å²) < 4.78 is 0. The number of hydrogen-bond acceptors (Lipinski definition) is 7. The number of nitrogens with zero attached hydrogens (tertiary/aromatic N) is 1. The van der Waals surface area contributed by atoms with E-state index in [9.17, 15) is 24.6 Å². The summed E-state index contributed by atoms with van der Waals surface area (Å²) in [6.07, 6.45) is 3.51. The van der Waals surface area contributed by atoms with Gasteiger partial charge in [-0.1, -0.05) is 73.2 Å². The minimum atomic E-state index is -0.903. The minimum absolute atomic E-state index is 0.0351. The molecule has 4 aromatic rings. The van der Waals surface area contributed by atoms with Crippen molar-refractivity contribution in [2.75, 3.05) is 45.8 Å². The average molecular weight is 669 g/mol. The lowest BCUT2D eigenvalue weighted by Gasteiger charge is -2.37. The maximum Gasteiger partial charge on any atom is 0.314 e. The maximum atomic E-state index is 13.3. The topological polar surface area (TPSA) is 173 Å². The number of pyridine rings is 1. The number of aromatic amines is 1. The summed E-state index contributed by atoms with van der Waals surface area (Å²) in [6, 6.07) is 25.7. The molecule has 1 saturated heterocycles. The zero-order valence-electron chi connectivity index (χ0n) is 27.9. The van der Waals surface area contributed by atoms with E-state index < -0.39 is 11.5 Å². The average Bonchev–Trinajstić information content (AvgIpc) is 3.58. The molecule has 2 atom stereocenters. The van der Waals surface area contributed by atoms with Crippen molar-refractivity contribution < 1.29 is 19.8 Å². The number of phenols is 1. The number of hydrogen-bond donors (Lipinski definition) is 7. The molecule has 0 spiro atoms. The van der Waals surface area contributed by atoms with Crippen LogP contribution in [0, 0.1) is 5.92 Å². The number of aliphatic hydroxyl groups excluding tert-OH is 1. The van der Waals surface area contributed by atoms with Gasteiger partial charge in [0.25, 0.3) is 0 Å². The largest absolute Gasteiger partial charge is 0.506 e. The molecule has 5 rings (SSSR count). The van der Waals surface area contributed by atoms with Crippen LogP contribution >= 0.6 is 0 Å². The van der Waals surface area contributed by atoms with Gasteiger partial charge in [-0.15, -0.1) is 0 Å². The molecule has 0 unspecified atom stereocenters. The smallest absolute Gasteiger partial charge is 0.314 e. The van der Waals surface area contributed by atoms with E-state index in [1.807, 2.05) is 60.7 Å². The maximum absolute atomic E-state index is 13.3. The second kappa shape index (κ2) is 17.1. The lowest BCUT2D eigenvalue weighted by Crippen LogP contribution is -2.49. The first-order valence-corrected chi connectivity index (χ1v) is 17.2. The summed E-state index contributed by atoms with van der Waals surface area (Å²) in [5, 5.41) is 30.4. The molecule has 2 heterocycles. The number of benzene rings is 3. The lowest BCUT2D eigenvalue weighted by atomic mass is 9.64. The number of unbranched alkanes of at least 4 members (excludes halogenated alkanes) is 2. The molecule has 8 N–H and O–H groups in total. The van der Waals surface area contributed by atoms with E-state index in [0.29, 0.717) is 42.6 Å². The number of carbonyl (C=O) groups is 2. The Hall–Kier alpha value is -4.71. The van der Waals surface area contributed by atoms with Crippen LogP contribution in [0.3, 0.4) is 0 Å². The Morgan fingerprint density at radius 2 is 1.53 bits per heavy atom. The van der Waals surface area contributed by atoms with Crippen LogP contribution in [0.5, 0.6) is 5.75 Å².